The molecular formula is C20H28N2O. The van der Waals surface area contributed by atoms with Crippen molar-refractivity contribution in [2.75, 3.05) is 6.61 Å². The minimum atomic E-state index is -0.121. The summed E-state index contributed by atoms with van der Waals surface area (Å²) in [5.41, 5.74) is 1.32. The second-order valence-corrected chi connectivity index (χ2v) is 8.43. The molecule has 5 aliphatic rings. The zero-order valence-electron chi connectivity index (χ0n) is 13.9. The van der Waals surface area contributed by atoms with Crippen LogP contribution in [0.3, 0.4) is 0 Å². The van der Waals surface area contributed by atoms with Gasteiger partial charge in [-0.25, -0.2) is 0 Å². The van der Waals surface area contributed by atoms with E-state index in [4.69, 9.17) is 0 Å². The van der Waals surface area contributed by atoms with Crippen LogP contribution in [0.25, 0.3) is 0 Å². The molecule has 0 spiro atoms. The van der Waals surface area contributed by atoms with Gasteiger partial charge in [-0.15, -0.1) is 0 Å². The van der Waals surface area contributed by atoms with Crippen molar-refractivity contribution in [3.8, 4) is 6.07 Å². The molecule has 2 unspecified atom stereocenters. The van der Waals surface area contributed by atoms with Crippen LogP contribution >= 0.6 is 0 Å². The highest BCUT2D eigenvalue weighted by Crippen LogP contribution is 2.61. The Morgan fingerprint density at radius 3 is 2.30 bits per heavy atom. The summed E-state index contributed by atoms with van der Waals surface area (Å²) in [5.74, 6) is 2.54. The number of hydrogen-bond acceptors (Lipinski definition) is 3. The van der Waals surface area contributed by atoms with Gasteiger partial charge in [0.25, 0.3) is 0 Å². The van der Waals surface area contributed by atoms with E-state index in [0.29, 0.717) is 0 Å². The molecule has 0 aliphatic heterocycles. The van der Waals surface area contributed by atoms with Gasteiger partial charge in [0.05, 0.1) is 18.7 Å². The number of aliphatic hydroxyl groups is 1. The molecule has 0 saturated heterocycles. The summed E-state index contributed by atoms with van der Waals surface area (Å²) in [7, 11) is 0. The van der Waals surface area contributed by atoms with Crippen molar-refractivity contribution in [2.45, 2.75) is 63.5 Å². The predicted molar refractivity (Wildman–Crippen MR) is 90.5 cm³/mol. The maximum absolute atomic E-state index is 9.90. The van der Waals surface area contributed by atoms with Gasteiger partial charge >= 0.3 is 0 Å². The number of nitrogens with zero attached hydrogens (tertiary/aromatic N) is 1. The van der Waals surface area contributed by atoms with Crippen LogP contribution in [-0.4, -0.2) is 23.8 Å². The molecule has 4 saturated carbocycles. The Labute approximate surface area is 139 Å². The molecule has 124 valence electrons. The van der Waals surface area contributed by atoms with Crippen molar-refractivity contribution in [1.82, 2.24) is 5.32 Å². The van der Waals surface area contributed by atoms with Gasteiger partial charge in [-0.05, 0) is 80.1 Å². The van der Waals surface area contributed by atoms with Crippen LogP contribution in [-0.2, 0) is 0 Å². The van der Waals surface area contributed by atoms with E-state index in [2.05, 4.69) is 29.6 Å². The summed E-state index contributed by atoms with van der Waals surface area (Å²) in [4.78, 5) is 0. The monoisotopic (exact) mass is 312 g/mol. The second kappa shape index (κ2) is 6.07. The first-order chi connectivity index (χ1) is 11.2. The third kappa shape index (κ3) is 2.77. The molecule has 3 heteroatoms. The lowest BCUT2D eigenvalue weighted by atomic mass is 9.48. The normalized spacial score (nSPS) is 40.5. The topological polar surface area (TPSA) is 56.0 Å². The van der Waals surface area contributed by atoms with Gasteiger partial charge in [-0.1, -0.05) is 18.2 Å². The molecule has 2 N–H and O–H groups in total. The fraction of sp³-hybridized carbons (Fsp3) is 0.750. The molecule has 5 rings (SSSR count). The molecule has 4 fully saturated rings. The average molecular weight is 312 g/mol. The van der Waals surface area contributed by atoms with Crippen LogP contribution in [0.15, 0.2) is 23.8 Å². The highest BCUT2D eigenvalue weighted by molar-refractivity contribution is 5.29. The van der Waals surface area contributed by atoms with E-state index < -0.39 is 0 Å². The van der Waals surface area contributed by atoms with Crippen LogP contribution in [0.5, 0.6) is 0 Å². The molecule has 2 atom stereocenters. The Kier molecular flexibility index (Phi) is 4.07. The molecule has 0 aromatic heterocycles. The first kappa shape index (κ1) is 15.4. The third-order valence-electron chi connectivity index (χ3n) is 6.80. The Morgan fingerprint density at radius 1 is 1.17 bits per heavy atom. The number of allylic oxidation sites excluding steroid dienone is 2. The maximum atomic E-state index is 9.90. The van der Waals surface area contributed by atoms with Crippen molar-refractivity contribution in [3.05, 3.63) is 23.8 Å². The summed E-state index contributed by atoms with van der Waals surface area (Å²) in [6.07, 6.45) is 16.5. The van der Waals surface area contributed by atoms with E-state index in [1.165, 1.54) is 38.5 Å². The highest BCUT2D eigenvalue weighted by Gasteiger charge is 2.54. The van der Waals surface area contributed by atoms with Crippen LogP contribution in [0.4, 0.5) is 0 Å². The fourth-order valence-corrected chi connectivity index (χ4v) is 6.23. The molecule has 4 bridgehead atoms. The number of hydrogen-bond donors (Lipinski definition) is 2. The van der Waals surface area contributed by atoms with E-state index in [0.717, 1.165) is 36.2 Å². The predicted octanol–water partition coefficient (Wildman–Crippen LogP) is 3.32. The maximum Gasteiger partial charge on any atom is 0.102 e. The molecule has 23 heavy (non-hydrogen) atoms. The lowest BCUT2D eigenvalue weighted by molar-refractivity contribution is -0.0653. The zero-order chi connectivity index (χ0) is 15.9. The minimum Gasteiger partial charge on any atom is -0.394 e. The molecule has 5 aliphatic carbocycles. The van der Waals surface area contributed by atoms with Crippen molar-refractivity contribution >= 4 is 0 Å². The van der Waals surface area contributed by atoms with Crippen LogP contribution in [0, 0.1) is 34.5 Å². The van der Waals surface area contributed by atoms with Crippen LogP contribution < -0.4 is 5.32 Å². The second-order valence-electron chi connectivity index (χ2n) is 8.43. The number of nitrogens with one attached hydrogen (secondary N) is 1. The zero-order valence-corrected chi connectivity index (χ0v) is 13.9. The van der Waals surface area contributed by atoms with Crippen molar-refractivity contribution in [1.29, 1.82) is 5.26 Å². The Morgan fingerprint density at radius 2 is 1.83 bits per heavy atom. The largest absolute Gasteiger partial charge is 0.394 e. The standard InChI is InChI=1S/C20H28N2O/c21-12-19(22-18(13-23)17-4-2-1-3-5-17)20-9-14-6-15(10-20)8-16(7-14)11-20/h2,4-5,14-16,18-19,22-23H,1,3,6-11,13H2. The van der Waals surface area contributed by atoms with Gasteiger partial charge < -0.3 is 5.11 Å². The van der Waals surface area contributed by atoms with Gasteiger partial charge in [0.15, 0.2) is 0 Å². The smallest absolute Gasteiger partial charge is 0.102 e. The molecule has 3 nitrogen and oxygen atoms in total. The van der Waals surface area contributed by atoms with Crippen LogP contribution in [0.2, 0.25) is 0 Å². The summed E-state index contributed by atoms with van der Waals surface area (Å²) in [6, 6.07) is 2.38. The van der Waals surface area contributed by atoms with E-state index in [1.807, 2.05) is 0 Å². The van der Waals surface area contributed by atoms with Crippen LogP contribution in [0.1, 0.15) is 51.4 Å². The average Bonchev–Trinajstić information content (AvgIpc) is 2.55. The minimum absolute atomic E-state index is 0.0702. The Balaban J connectivity index is 1.53. The fourth-order valence-electron chi connectivity index (χ4n) is 6.23. The van der Waals surface area contributed by atoms with Crippen molar-refractivity contribution < 1.29 is 5.11 Å². The van der Waals surface area contributed by atoms with E-state index in [1.54, 1.807) is 0 Å². The summed E-state index contributed by atoms with van der Waals surface area (Å²) >= 11 is 0. The number of nitriles is 1. The van der Waals surface area contributed by atoms with Crippen molar-refractivity contribution in [2.24, 2.45) is 23.2 Å². The highest BCUT2D eigenvalue weighted by atomic mass is 16.3. The molecule has 0 amide bonds. The van der Waals surface area contributed by atoms with Gasteiger partial charge in [0.1, 0.15) is 6.04 Å². The summed E-state index contributed by atoms with van der Waals surface area (Å²) < 4.78 is 0. The van der Waals surface area contributed by atoms with Gasteiger partial charge in [0.2, 0.25) is 0 Å². The van der Waals surface area contributed by atoms with E-state index >= 15 is 0 Å². The summed E-state index contributed by atoms with van der Waals surface area (Å²) in [6.45, 7) is 0.0702. The van der Waals surface area contributed by atoms with Gasteiger partial charge in [-0.3, -0.25) is 5.32 Å². The molecule has 0 aromatic rings. The first-order valence-electron chi connectivity index (χ1n) is 9.35. The Hall–Kier alpha value is -1.11. The van der Waals surface area contributed by atoms with Crippen molar-refractivity contribution in [3.63, 3.8) is 0 Å². The number of aliphatic hydroxyl groups excluding tert-OH is 1. The van der Waals surface area contributed by atoms with E-state index in [9.17, 15) is 10.4 Å². The molecular weight excluding hydrogens is 284 g/mol. The summed E-state index contributed by atoms with van der Waals surface area (Å²) in [5, 5.41) is 23.3. The third-order valence-corrected chi connectivity index (χ3v) is 6.80. The molecule has 0 radical (unpaired) electrons. The quantitative estimate of drug-likeness (QED) is 0.819. The number of rotatable bonds is 5. The molecule has 0 aromatic carbocycles. The van der Waals surface area contributed by atoms with Gasteiger partial charge in [-0.2, -0.15) is 5.26 Å². The SMILES string of the molecule is N#CC(NC(CO)C1=CCCC=C1)C12CC3CC(CC(C3)C1)C2. The first-order valence-corrected chi connectivity index (χ1v) is 9.35. The Bertz CT molecular complexity index is 521. The lowest BCUT2D eigenvalue weighted by Gasteiger charge is -2.58. The van der Waals surface area contributed by atoms with Gasteiger partial charge in [0, 0.05) is 0 Å². The van der Waals surface area contributed by atoms with E-state index in [-0.39, 0.29) is 24.1 Å². The lowest BCUT2D eigenvalue weighted by Crippen LogP contribution is -2.57. The molecule has 0 heterocycles.